The average molecular weight is 342 g/mol. The van der Waals surface area contributed by atoms with Crippen LogP contribution in [0.3, 0.4) is 0 Å². The molecule has 1 aliphatic rings. The molecule has 0 spiro atoms. The molecule has 7 heteroatoms. The molecule has 22 heavy (non-hydrogen) atoms. The van der Waals surface area contributed by atoms with Gasteiger partial charge in [-0.3, -0.25) is 0 Å². The Kier molecular flexibility index (Phi) is 3.70. The minimum absolute atomic E-state index is 0.117. The molecule has 5 nitrogen and oxygen atoms in total. The lowest BCUT2D eigenvalue weighted by Crippen LogP contribution is -2.61. The van der Waals surface area contributed by atoms with E-state index >= 15 is 0 Å². The number of halogens is 1. The van der Waals surface area contributed by atoms with Gasteiger partial charge in [0.05, 0.1) is 5.69 Å². The monoisotopic (exact) mass is 341 g/mol. The molecule has 0 radical (unpaired) electrons. The highest BCUT2D eigenvalue weighted by Crippen LogP contribution is 2.35. The molecular formula is C15H24ClN5S. The second kappa shape index (κ2) is 5.08. The van der Waals surface area contributed by atoms with Gasteiger partial charge in [0, 0.05) is 24.2 Å². The number of aromatic nitrogens is 3. The van der Waals surface area contributed by atoms with Crippen molar-refractivity contribution in [1.82, 2.24) is 19.9 Å². The van der Waals surface area contributed by atoms with Crippen LogP contribution in [-0.2, 0) is 0 Å². The first-order chi connectivity index (χ1) is 10.1. The van der Waals surface area contributed by atoms with E-state index in [1.807, 2.05) is 6.92 Å². The summed E-state index contributed by atoms with van der Waals surface area (Å²) in [6.07, 6.45) is 2.17. The van der Waals surface area contributed by atoms with Gasteiger partial charge in [0.25, 0.3) is 0 Å². The van der Waals surface area contributed by atoms with Gasteiger partial charge in [-0.15, -0.1) is 5.10 Å². The van der Waals surface area contributed by atoms with Crippen molar-refractivity contribution in [1.29, 1.82) is 0 Å². The summed E-state index contributed by atoms with van der Waals surface area (Å²) in [7, 11) is 2.13. The molecule has 3 rings (SSSR count). The molecule has 2 aromatic heterocycles. The Morgan fingerprint density at radius 3 is 2.41 bits per heavy atom. The number of fused-ring (bicyclic) bond motifs is 1. The van der Waals surface area contributed by atoms with Crippen LogP contribution in [0.25, 0.3) is 4.96 Å². The highest BCUT2D eigenvalue weighted by molar-refractivity contribution is 7.20. The van der Waals surface area contributed by atoms with Gasteiger partial charge < -0.3 is 10.2 Å². The van der Waals surface area contributed by atoms with Gasteiger partial charge in [-0.25, -0.2) is 4.98 Å². The van der Waals surface area contributed by atoms with E-state index in [0.717, 1.165) is 28.6 Å². The maximum Gasteiger partial charge on any atom is 0.215 e. The van der Waals surface area contributed by atoms with Gasteiger partial charge in [-0.2, -0.15) is 4.52 Å². The molecule has 2 aromatic rings. The fourth-order valence-corrected chi connectivity index (χ4v) is 4.85. The van der Waals surface area contributed by atoms with Gasteiger partial charge in [0.15, 0.2) is 5.15 Å². The largest absolute Gasteiger partial charge is 0.347 e. The molecule has 0 atom stereocenters. The molecule has 1 N–H and O–H groups in total. The summed E-state index contributed by atoms with van der Waals surface area (Å²) >= 11 is 7.85. The SMILES string of the molecule is Cc1nc2sc(N(C)C3CC(C)(C)NC(C)(C)C3)nn2c1Cl. The zero-order valence-electron chi connectivity index (χ0n) is 14.1. The quantitative estimate of drug-likeness (QED) is 0.908. The minimum atomic E-state index is 0.117. The highest BCUT2D eigenvalue weighted by Gasteiger charge is 2.39. The van der Waals surface area contributed by atoms with Crippen LogP contribution < -0.4 is 10.2 Å². The summed E-state index contributed by atoms with van der Waals surface area (Å²) in [5.41, 5.74) is 1.07. The lowest BCUT2D eigenvalue weighted by molar-refractivity contribution is 0.161. The molecule has 0 bridgehead atoms. The number of hydrogen-bond acceptors (Lipinski definition) is 5. The van der Waals surface area contributed by atoms with Crippen LogP contribution in [0.5, 0.6) is 0 Å². The maximum absolute atomic E-state index is 6.25. The second-order valence-electron chi connectivity index (χ2n) is 7.63. The lowest BCUT2D eigenvalue weighted by Gasteiger charge is -2.48. The fourth-order valence-electron chi connectivity index (χ4n) is 3.66. The van der Waals surface area contributed by atoms with Crippen LogP contribution in [0, 0.1) is 6.92 Å². The third-order valence-corrected chi connectivity index (χ3v) is 5.75. The van der Waals surface area contributed by atoms with Gasteiger partial charge >= 0.3 is 0 Å². The predicted octanol–water partition coefficient (Wildman–Crippen LogP) is 3.50. The van der Waals surface area contributed by atoms with E-state index in [0.29, 0.717) is 11.2 Å². The minimum Gasteiger partial charge on any atom is -0.347 e. The van der Waals surface area contributed by atoms with E-state index in [4.69, 9.17) is 11.6 Å². The molecule has 1 fully saturated rings. The third kappa shape index (κ3) is 2.84. The van der Waals surface area contributed by atoms with Crippen molar-refractivity contribution in [2.75, 3.05) is 11.9 Å². The number of imidazole rings is 1. The first kappa shape index (κ1) is 16.0. The third-order valence-electron chi connectivity index (χ3n) is 4.32. The number of nitrogens with zero attached hydrogens (tertiary/aromatic N) is 4. The van der Waals surface area contributed by atoms with Crippen LogP contribution in [0.1, 0.15) is 46.2 Å². The van der Waals surface area contributed by atoms with Crippen molar-refractivity contribution in [3.63, 3.8) is 0 Å². The molecule has 122 valence electrons. The van der Waals surface area contributed by atoms with Gasteiger partial charge in [-0.1, -0.05) is 22.9 Å². The van der Waals surface area contributed by atoms with Gasteiger partial charge in [0.1, 0.15) is 0 Å². The molecule has 0 amide bonds. The average Bonchev–Trinajstić information content (AvgIpc) is 2.86. The van der Waals surface area contributed by atoms with E-state index in [1.54, 1.807) is 15.9 Å². The molecule has 0 aromatic carbocycles. The maximum atomic E-state index is 6.25. The lowest BCUT2D eigenvalue weighted by atomic mass is 9.79. The van der Waals surface area contributed by atoms with E-state index in [9.17, 15) is 0 Å². The summed E-state index contributed by atoms with van der Waals surface area (Å²) in [5.74, 6) is 0. The molecule has 0 saturated carbocycles. The van der Waals surface area contributed by atoms with Crippen LogP contribution in [-0.4, -0.2) is 38.8 Å². The summed E-state index contributed by atoms with van der Waals surface area (Å²) in [6, 6.07) is 0.446. The van der Waals surface area contributed by atoms with E-state index in [1.165, 1.54) is 0 Å². The van der Waals surface area contributed by atoms with Crippen LogP contribution >= 0.6 is 22.9 Å². The summed E-state index contributed by atoms with van der Waals surface area (Å²) in [5, 5.41) is 9.96. The van der Waals surface area contributed by atoms with Crippen molar-refractivity contribution in [2.24, 2.45) is 0 Å². The highest BCUT2D eigenvalue weighted by atomic mass is 35.5. The summed E-state index contributed by atoms with van der Waals surface area (Å²) in [4.78, 5) is 7.61. The van der Waals surface area contributed by atoms with Crippen molar-refractivity contribution in [3.05, 3.63) is 10.8 Å². The van der Waals surface area contributed by atoms with Crippen molar-refractivity contribution < 1.29 is 0 Å². The standard InChI is InChI=1S/C15H24ClN5S/c1-9-11(16)21-12(17-9)22-13(18-21)20(6)10-7-14(2,3)19-15(4,5)8-10/h10,19H,7-8H2,1-6H3. The smallest absolute Gasteiger partial charge is 0.215 e. The molecule has 1 saturated heterocycles. The Balaban J connectivity index is 1.89. The zero-order valence-corrected chi connectivity index (χ0v) is 15.6. The topological polar surface area (TPSA) is 45.5 Å². The molecule has 0 unspecified atom stereocenters. The van der Waals surface area contributed by atoms with Crippen LogP contribution in [0.2, 0.25) is 5.15 Å². The Morgan fingerprint density at radius 1 is 1.27 bits per heavy atom. The Labute approximate surface area is 140 Å². The Bertz CT molecular complexity index is 686. The number of anilines is 1. The number of nitrogens with one attached hydrogen (secondary N) is 1. The summed E-state index contributed by atoms with van der Waals surface area (Å²) in [6.45, 7) is 11.0. The first-order valence-electron chi connectivity index (χ1n) is 7.62. The van der Waals surface area contributed by atoms with E-state index < -0.39 is 0 Å². The van der Waals surface area contributed by atoms with E-state index in [2.05, 4.69) is 55.0 Å². The molecule has 1 aliphatic heterocycles. The van der Waals surface area contributed by atoms with Crippen molar-refractivity contribution in [2.45, 2.75) is 64.6 Å². The number of hydrogen-bond donors (Lipinski definition) is 1. The van der Waals surface area contributed by atoms with Crippen molar-refractivity contribution in [3.8, 4) is 0 Å². The van der Waals surface area contributed by atoms with Gasteiger partial charge in [0.2, 0.25) is 10.1 Å². The predicted molar refractivity (Wildman–Crippen MR) is 93.3 cm³/mol. The van der Waals surface area contributed by atoms with E-state index in [-0.39, 0.29) is 11.1 Å². The molecule has 0 aliphatic carbocycles. The zero-order chi connectivity index (χ0) is 16.3. The molecular weight excluding hydrogens is 318 g/mol. The van der Waals surface area contributed by atoms with Crippen molar-refractivity contribution >= 4 is 33.0 Å². The normalized spacial score (nSPS) is 21.4. The number of rotatable bonds is 2. The van der Waals surface area contributed by atoms with Crippen LogP contribution in [0.15, 0.2) is 0 Å². The first-order valence-corrected chi connectivity index (χ1v) is 8.81. The van der Waals surface area contributed by atoms with Gasteiger partial charge in [-0.05, 0) is 47.5 Å². The second-order valence-corrected chi connectivity index (χ2v) is 8.93. The number of aryl methyl sites for hydroxylation is 1. The van der Waals surface area contributed by atoms with Crippen LogP contribution in [0.4, 0.5) is 5.13 Å². The Morgan fingerprint density at radius 2 is 1.86 bits per heavy atom. The summed E-state index contributed by atoms with van der Waals surface area (Å²) < 4.78 is 1.74. The molecule has 3 heterocycles. The number of piperidine rings is 1. The fraction of sp³-hybridized carbons (Fsp3) is 0.733. The Hall–Kier alpha value is -0.850.